The van der Waals surface area contributed by atoms with Crippen LogP contribution < -0.4 is 0 Å². The van der Waals surface area contributed by atoms with E-state index in [-0.39, 0.29) is 12.7 Å². The molecule has 3 atom stereocenters. The van der Waals surface area contributed by atoms with Gasteiger partial charge in [0, 0.05) is 5.41 Å². The summed E-state index contributed by atoms with van der Waals surface area (Å²) in [7, 11) is 0. The van der Waals surface area contributed by atoms with Crippen LogP contribution in [0.2, 0.25) is 0 Å². The van der Waals surface area contributed by atoms with Crippen LogP contribution in [0.25, 0.3) is 0 Å². The van der Waals surface area contributed by atoms with E-state index >= 15 is 0 Å². The van der Waals surface area contributed by atoms with Crippen molar-refractivity contribution in [2.24, 2.45) is 5.92 Å². The Morgan fingerprint density at radius 2 is 1.95 bits per heavy atom. The van der Waals surface area contributed by atoms with Crippen LogP contribution in [0.15, 0.2) is 24.3 Å². The number of rotatable bonds is 2. The molecule has 0 spiro atoms. The number of carboxylic acids is 1. The summed E-state index contributed by atoms with van der Waals surface area (Å²) in [6, 6.07) is 4.72. The fraction of sp³-hybridized carbons (Fsp3) is 0.462. The number of benzene rings is 1. The van der Waals surface area contributed by atoms with Gasteiger partial charge in [-0.05, 0) is 24.1 Å². The van der Waals surface area contributed by atoms with E-state index in [4.69, 9.17) is 9.84 Å². The van der Waals surface area contributed by atoms with Crippen LogP contribution in [0.5, 0.6) is 0 Å². The molecule has 3 fully saturated rings. The van der Waals surface area contributed by atoms with E-state index < -0.39 is 29.0 Å². The molecular formula is C13H11F3O3. The van der Waals surface area contributed by atoms with Gasteiger partial charge in [-0.1, -0.05) is 12.1 Å². The second-order valence-corrected chi connectivity index (χ2v) is 5.10. The van der Waals surface area contributed by atoms with E-state index in [1.165, 1.54) is 12.1 Å². The van der Waals surface area contributed by atoms with Crippen molar-refractivity contribution in [3.8, 4) is 0 Å². The van der Waals surface area contributed by atoms with Crippen molar-refractivity contribution in [2.75, 3.05) is 6.61 Å². The molecule has 2 bridgehead atoms. The molecule has 1 saturated carbocycles. The summed E-state index contributed by atoms with van der Waals surface area (Å²) < 4.78 is 42.8. The van der Waals surface area contributed by atoms with Gasteiger partial charge >= 0.3 is 12.1 Å². The smallest absolute Gasteiger partial charge is 0.416 e. The highest BCUT2D eigenvalue weighted by Gasteiger charge is 2.64. The van der Waals surface area contributed by atoms with Crippen LogP contribution in [0.1, 0.15) is 17.5 Å². The molecule has 1 aliphatic carbocycles. The topological polar surface area (TPSA) is 46.5 Å². The lowest BCUT2D eigenvalue weighted by atomic mass is 9.57. The fourth-order valence-corrected chi connectivity index (χ4v) is 3.13. The Morgan fingerprint density at radius 1 is 1.32 bits per heavy atom. The maximum absolute atomic E-state index is 12.5. The molecule has 102 valence electrons. The molecule has 2 heterocycles. The Labute approximate surface area is 107 Å². The van der Waals surface area contributed by atoms with Crippen LogP contribution in [-0.4, -0.2) is 23.8 Å². The fourth-order valence-electron chi connectivity index (χ4n) is 3.13. The number of alkyl halides is 3. The van der Waals surface area contributed by atoms with Gasteiger partial charge in [-0.25, -0.2) is 0 Å². The summed E-state index contributed by atoms with van der Waals surface area (Å²) in [5.74, 6) is -1.60. The van der Waals surface area contributed by atoms with Crippen LogP contribution in [-0.2, 0) is 21.1 Å². The SMILES string of the molecule is O=C(O)C1C2CC1(c1ccc(C(F)(F)F)cc1)CO2. The molecule has 19 heavy (non-hydrogen) atoms. The van der Waals surface area contributed by atoms with E-state index in [2.05, 4.69) is 0 Å². The number of hydrogen-bond donors (Lipinski definition) is 1. The Morgan fingerprint density at radius 3 is 2.42 bits per heavy atom. The Balaban J connectivity index is 1.93. The van der Waals surface area contributed by atoms with Crippen LogP contribution in [0.4, 0.5) is 13.2 Å². The van der Waals surface area contributed by atoms with Gasteiger partial charge in [-0.2, -0.15) is 13.2 Å². The van der Waals surface area contributed by atoms with Gasteiger partial charge in [-0.3, -0.25) is 4.79 Å². The number of ether oxygens (including phenoxy) is 1. The number of hydrogen-bond acceptors (Lipinski definition) is 2. The third-order valence-electron chi connectivity index (χ3n) is 4.14. The molecule has 3 nitrogen and oxygen atoms in total. The molecule has 2 aliphatic heterocycles. The first-order valence-electron chi connectivity index (χ1n) is 5.87. The normalized spacial score (nSPS) is 33.0. The summed E-state index contributed by atoms with van der Waals surface area (Å²) >= 11 is 0. The lowest BCUT2D eigenvalue weighted by Gasteiger charge is -2.42. The summed E-state index contributed by atoms with van der Waals surface area (Å²) in [5, 5.41) is 9.16. The number of halogens is 3. The average Bonchev–Trinajstić information content (AvgIpc) is 2.86. The lowest BCUT2D eigenvalue weighted by molar-refractivity contribution is -0.150. The standard InChI is InChI=1S/C13H11F3O3/c14-13(15,16)8-3-1-7(2-4-8)12-5-9(19-6-12)10(12)11(17)18/h1-4,9-10H,5-6H2,(H,17,18). The molecule has 0 aromatic heterocycles. The maximum Gasteiger partial charge on any atom is 0.416 e. The van der Waals surface area contributed by atoms with Gasteiger partial charge in [-0.15, -0.1) is 0 Å². The number of aliphatic carboxylic acids is 1. The maximum atomic E-state index is 12.5. The summed E-state index contributed by atoms with van der Waals surface area (Å²) in [4.78, 5) is 11.2. The molecule has 1 aromatic rings. The Hall–Kier alpha value is -1.56. The van der Waals surface area contributed by atoms with Crippen molar-refractivity contribution in [3.63, 3.8) is 0 Å². The molecule has 3 unspecified atom stereocenters. The molecule has 6 heteroatoms. The third kappa shape index (κ3) is 1.66. The minimum Gasteiger partial charge on any atom is -0.481 e. The van der Waals surface area contributed by atoms with Gasteiger partial charge in [0.2, 0.25) is 0 Å². The van der Waals surface area contributed by atoms with Crippen LogP contribution >= 0.6 is 0 Å². The minimum absolute atomic E-state index is 0.264. The largest absolute Gasteiger partial charge is 0.481 e. The van der Waals surface area contributed by atoms with Crippen molar-refractivity contribution >= 4 is 5.97 Å². The molecule has 1 aromatic carbocycles. The molecule has 0 radical (unpaired) electrons. The van der Waals surface area contributed by atoms with Gasteiger partial charge < -0.3 is 9.84 Å². The van der Waals surface area contributed by atoms with Crippen molar-refractivity contribution in [3.05, 3.63) is 35.4 Å². The molecular weight excluding hydrogens is 261 g/mol. The van der Waals surface area contributed by atoms with Crippen LogP contribution in [0.3, 0.4) is 0 Å². The molecule has 1 N–H and O–H groups in total. The van der Waals surface area contributed by atoms with Crippen molar-refractivity contribution < 1.29 is 27.8 Å². The van der Waals surface area contributed by atoms with E-state index in [0.29, 0.717) is 12.0 Å². The monoisotopic (exact) mass is 272 g/mol. The summed E-state index contributed by atoms with van der Waals surface area (Å²) in [6.45, 7) is 0.264. The Bertz CT molecular complexity index is 519. The first-order chi connectivity index (χ1) is 8.84. The van der Waals surface area contributed by atoms with E-state index in [1.807, 2.05) is 0 Å². The summed E-state index contributed by atoms with van der Waals surface area (Å²) in [6.07, 6.45) is -4.12. The van der Waals surface area contributed by atoms with Crippen molar-refractivity contribution in [1.29, 1.82) is 0 Å². The highest BCUT2D eigenvalue weighted by molar-refractivity contribution is 5.76. The van der Waals surface area contributed by atoms with E-state index in [0.717, 1.165) is 12.1 Å². The molecule has 0 amide bonds. The van der Waals surface area contributed by atoms with E-state index in [1.54, 1.807) is 0 Å². The molecule has 2 saturated heterocycles. The van der Waals surface area contributed by atoms with Gasteiger partial charge in [0.15, 0.2) is 0 Å². The van der Waals surface area contributed by atoms with Gasteiger partial charge in [0.05, 0.1) is 24.2 Å². The second kappa shape index (κ2) is 3.72. The summed E-state index contributed by atoms with van der Waals surface area (Å²) in [5.41, 5.74) is -0.767. The number of carbonyl (C=O) groups is 1. The second-order valence-electron chi connectivity index (χ2n) is 5.10. The predicted octanol–water partition coefficient (Wildman–Crippen LogP) is 2.45. The number of fused-ring (bicyclic) bond motifs is 1. The van der Waals surface area contributed by atoms with Crippen molar-refractivity contribution in [1.82, 2.24) is 0 Å². The first kappa shape index (κ1) is 12.5. The first-order valence-corrected chi connectivity index (χ1v) is 5.87. The molecule has 3 aliphatic rings. The Kier molecular flexibility index (Phi) is 2.44. The quantitative estimate of drug-likeness (QED) is 0.899. The zero-order valence-electron chi connectivity index (χ0n) is 9.78. The van der Waals surface area contributed by atoms with Gasteiger partial charge in [0.25, 0.3) is 0 Å². The zero-order chi connectivity index (χ0) is 13.8. The highest BCUT2D eigenvalue weighted by atomic mass is 19.4. The average molecular weight is 272 g/mol. The van der Waals surface area contributed by atoms with Crippen molar-refractivity contribution in [2.45, 2.75) is 24.1 Å². The highest BCUT2D eigenvalue weighted by Crippen LogP contribution is 2.56. The third-order valence-corrected chi connectivity index (χ3v) is 4.14. The van der Waals surface area contributed by atoms with E-state index in [9.17, 15) is 18.0 Å². The predicted molar refractivity (Wildman–Crippen MR) is 58.6 cm³/mol. The number of carboxylic acid groups (broad SMARTS) is 1. The van der Waals surface area contributed by atoms with Crippen LogP contribution in [0, 0.1) is 5.92 Å². The lowest BCUT2D eigenvalue weighted by Crippen LogP contribution is -2.52. The minimum atomic E-state index is -4.38. The zero-order valence-corrected chi connectivity index (χ0v) is 9.78. The molecule has 4 rings (SSSR count). The van der Waals surface area contributed by atoms with Gasteiger partial charge in [0.1, 0.15) is 0 Å².